The normalized spacial score (nSPS) is 13.4. The van der Waals surface area contributed by atoms with E-state index < -0.39 is 5.92 Å². The summed E-state index contributed by atoms with van der Waals surface area (Å²) in [6.45, 7) is 9.59. The lowest BCUT2D eigenvalue weighted by atomic mass is 9.84. The number of ketones is 2. The van der Waals surface area contributed by atoms with E-state index >= 15 is 0 Å². The Balaban J connectivity index is 2.33. The first-order valence-electron chi connectivity index (χ1n) is 9.36. The van der Waals surface area contributed by atoms with Crippen LogP contribution in [0, 0.1) is 18.8 Å². The molecule has 0 aliphatic rings. The lowest BCUT2D eigenvalue weighted by molar-refractivity contribution is -0.128. The van der Waals surface area contributed by atoms with Crippen molar-refractivity contribution in [2.24, 2.45) is 11.8 Å². The Morgan fingerprint density at radius 1 is 1.19 bits per heavy atom. The molecule has 2 aromatic rings. The molecule has 27 heavy (non-hydrogen) atoms. The van der Waals surface area contributed by atoms with Crippen molar-refractivity contribution >= 4 is 29.2 Å². The average Bonchev–Trinajstić information content (AvgIpc) is 3.01. The highest BCUT2D eigenvalue weighted by Crippen LogP contribution is 2.33. The number of rotatable bonds is 9. The second kappa shape index (κ2) is 9.18. The van der Waals surface area contributed by atoms with Crippen molar-refractivity contribution in [1.29, 1.82) is 0 Å². The molecule has 1 aromatic carbocycles. The fourth-order valence-electron chi connectivity index (χ4n) is 3.24. The number of hydrogen-bond acceptors (Lipinski definition) is 5. The Kier molecular flexibility index (Phi) is 7.19. The van der Waals surface area contributed by atoms with Gasteiger partial charge in [-0.05, 0) is 32.6 Å². The topological polar surface area (TPSA) is 64.1 Å². The number of nitrogens with zero attached hydrogens (tertiary/aromatic N) is 1. The van der Waals surface area contributed by atoms with Crippen LogP contribution in [-0.4, -0.2) is 22.8 Å². The molecule has 1 heterocycles. The van der Waals surface area contributed by atoms with Crippen molar-refractivity contribution in [3.8, 4) is 10.6 Å². The number of Topliss-reactive ketones (excluding diaryl/α,β-unsaturated/α-hetero) is 2. The maximum atomic E-state index is 13.0. The van der Waals surface area contributed by atoms with E-state index in [0.29, 0.717) is 17.2 Å². The summed E-state index contributed by atoms with van der Waals surface area (Å²) in [7, 11) is 0. The predicted octanol–water partition coefficient (Wildman–Crippen LogP) is 5.25. The van der Waals surface area contributed by atoms with Crippen LogP contribution in [0.2, 0.25) is 0 Å². The van der Waals surface area contributed by atoms with Gasteiger partial charge < -0.3 is 4.79 Å². The number of benzene rings is 1. The first-order chi connectivity index (χ1) is 12.8. The zero-order valence-electron chi connectivity index (χ0n) is 16.6. The zero-order valence-corrected chi connectivity index (χ0v) is 17.4. The fourth-order valence-corrected chi connectivity index (χ4v) is 4.21. The van der Waals surface area contributed by atoms with E-state index in [-0.39, 0.29) is 17.5 Å². The van der Waals surface area contributed by atoms with Gasteiger partial charge in [-0.1, -0.05) is 45.0 Å². The molecule has 0 amide bonds. The Bertz CT molecular complexity index is 821. The van der Waals surface area contributed by atoms with Crippen LogP contribution in [0.5, 0.6) is 0 Å². The highest BCUT2D eigenvalue weighted by atomic mass is 32.1. The molecular weight excluding hydrogens is 358 g/mol. The van der Waals surface area contributed by atoms with Crippen LogP contribution in [-0.2, 0) is 9.59 Å². The quantitative estimate of drug-likeness (QED) is 0.336. The standard InChI is InChI=1S/C22H27NO3S/c1-6-16(11-13(2)3)21(26)19(12-24)20-15(5)27-22(23-20)18-9-7-17(8-10-18)14(4)25/h7-10,12-13,16,19H,6,11H2,1-5H3/t16-,19?/m1/s1. The second-order valence-corrected chi connectivity index (χ2v) is 8.55. The van der Waals surface area contributed by atoms with Gasteiger partial charge in [-0.2, -0.15) is 0 Å². The van der Waals surface area contributed by atoms with Gasteiger partial charge in [0, 0.05) is 21.9 Å². The molecule has 2 atom stereocenters. The summed E-state index contributed by atoms with van der Waals surface area (Å²) in [4.78, 5) is 41.7. The lowest BCUT2D eigenvalue weighted by Crippen LogP contribution is -2.25. The maximum Gasteiger partial charge on any atom is 0.159 e. The van der Waals surface area contributed by atoms with Crippen LogP contribution in [0.25, 0.3) is 10.6 Å². The van der Waals surface area contributed by atoms with Gasteiger partial charge in [0.2, 0.25) is 0 Å². The van der Waals surface area contributed by atoms with E-state index in [0.717, 1.165) is 34.6 Å². The minimum atomic E-state index is -0.810. The Morgan fingerprint density at radius 3 is 2.30 bits per heavy atom. The molecule has 2 rings (SSSR count). The molecule has 0 N–H and O–H groups in total. The SMILES string of the molecule is CC[C@H](CC(C)C)C(=O)C(C=O)c1nc(-c2ccc(C(C)=O)cc2)sc1C. The maximum absolute atomic E-state index is 13.0. The number of hydrogen-bond donors (Lipinski definition) is 0. The molecule has 1 aromatic heterocycles. The smallest absolute Gasteiger partial charge is 0.159 e. The predicted molar refractivity (Wildman–Crippen MR) is 109 cm³/mol. The molecule has 144 valence electrons. The average molecular weight is 386 g/mol. The van der Waals surface area contributed by atoms with Crippen LogP contribution in [0.4, 0.5) is 0 Å². The van der Waals surface area contributed by atoms with Crippen molar-refractivity contribution in [2.45, 2.75) is 53.4 Å². The molecule has 0 radical (unpaired) electrons. The molecule has 1 unspecified atom stereocenters. The van der Waals surface area contributed by atoms with Crippen LogP contribution in [0.3, 0.4) is 0 Å². The van der Waals surface area contributed by atoms with Crippen LogP contribution in [0.15, 0.2) is 24.3 Å². The van der Waals surface area contributed by atoms with Crippen LogP contribution >= 0.6 is 11.3 Å². The number of carbonyl (C=O) groups is 3. The van der Waals surface area contributed by atoms with E-state index in [9.17, 15) is 14.4 Å². The third-order valence-corrected chi connectivity index (χ3v) is 5.79. The molecule has 0 aliphatic carbocycles. The molecule has 0 spiro atoms. The van der Waals surface area contributed by atoms with Gasteiger partial charge in [-0.25, -0.2) is 4.98 Å². The van der Waals surface area contributed by atoms with Gasteiger partial charge in [-0.3, -0.25) is 9.59 Å². The van der Waals surface area contributed by atoms with E-state index in [2.05, 4.69) is 18.8 Å². The Labute approximate surface area is 165 Å². The molecule has 0 saturated heterocycles. The van der Waals surface area contributed by atoms with Gasteiger partial charge in [0.25, 0.3) is 0 Å². The summed E-state index contributed by atoms with van der Waals surface area (Å²) in [5.41, 5.74) is 2.09. The first-order valence-corrected chi connectivity index (χ1v) is 10.2. The summed E-state index contributed by atoms with van der Waals surface area (Å²) in [5, 5.41) is 0.758. The molecule has 0 saturated carbocycles. The van der Waals surface area contributed by atoms with Gasteiger partial charge in [0.15, 0.2) is 11.6 Å². The van der Waals surface area contributed by atoms with Gasteiger partial charge in [0.1, 0.15) is 17.2 Å². The zero-order chi connectivity index (χ0) is 20.1. The van der Waals surface area contributed by atoms with E-state index in [1.165, 1.54) is 18.3 Å². The van der Waals surface area contributed by atoms with E-state index in [1.54, 1.807) is 12.1 Å². The largest absolute Gasteiger partial charge is 0.302 e. The van der Waals surface area contributed by atoms with Gasteiger partial charge >= 0.3 is 0 Å². The third kappa shape index (κ3) is 4.98. The number of thiazole rings is 1. The van der Waals surface area contributed by atoms with Crippen molar-refractivity contribution in [1.82, 2.24) is 4.98 Å². The summed E-state index contributed by atoms with van der Waals surface area (Å²) in [5.74, 6) is -0.555. The van der Waals surface area contributed by atoms with E-state index in [1.807, 2.05) is 26.0 Å². The molecule has 4 nitrogen and oxygen atoms in total. The molecule has 0 aliphatic heterocycles. The van der Waals surface area contributed by atoms with Crippen molar-refractivity contribution < 1.29 is 14.4 Å². The molecule has 5 heteroatoms. The monoisotopic (exact) mass is 385 g/mol. The molecule has 0 bridgehead atoms. The van der Waals surface area contributed by atoms with Gasteiger partial charge in [-0.15, -0.1) is 11.3 Å². The minimum absolute atomic E-state index is 0.0138. The van der Waals surface area contributed by atoms with Gasteiger partial charge in [0.05, 0.1) is 5.69 Å². The minimum Gasteiger partial charge on any atom is -0.302 e. The number of aldehydes is 1. The highest BCUT2D eigenvalue weighted by Gasteiger charge is 2.30. The Hall–Kier alpha value is -2.14. The van der Waals surface area contributed by atoms with Crippen LogP contribution in [0.1, 0.15) is 67.4 Å². The summed E-state index contributed by atoms with van der Waals surface area (Å²) >= 11 is 1.47. The highest BCUT2D eigenvalue weighted by molar-refractivity contribution is 7.15. The molecular formula is C22H27NO3S. The number of carbonyl (C=O) groups excluding carboxylic acids is 3. The lowest BCUT2D eigenvalue weighted by Gasteiger charge is -2.19. The second-order valence-electron chi connectivity index (χ2n) is 7.34. The van der Waals surface area contributed by atoms with Crippen molar-refractivity contribution in [2.75, 3.05) is 0 Å². The van der Waals surface area contributed by atoms with Crippen LogP contribution < -0.4 is 0 Å². The number of aryl methyl sites for hydroxylation is 1. The molecule has 0 fully saturated rings. The van der Waals surface area contributed by atoms with E-state index in [4.69, 9.17) is 0 Å². The summed E-state index contributed by atoms with van der Waals surface area (Å²) in [6.07, 6.45) is 2.24. The fraction of sp³-hybridized carbons (Fsp3) is 0.455. The Morgan fingerprint density at radius 2 is 1.81 bits per heavy atom. The van der Waals surface area contributed by atoms with Crippen molar-refractivity contribution in [3.63, 3.8) is 0 Å². The first kappa shape index (κ1) is 21.2. The third-order valence-electron chi connectivity index (χ3n) is 4.76. The number of aromatic nitrogens is 1. The van der Waals surface area contributed by atoms with Crippen molar-refractivity contribution in [3.05, 3.63) is 40.4 Å². The summed E-state index contributed by atoms with van der Waals surface area (Å²) in [6, 6.07) is 7.24. The summed E-state index contributed by atoms with van der Waals surface area (Å²) < 4.78 is 0.